The Morgan fingerprint density at radius 1 is 1.06 bits per heavy atom. The maximum atomic E-state index is 11.7. The Bertz CT molecular complexity index is 638. The standard InChI is InChI=1S/C12H8O6/c1-4(13)8-11(17)9-6(10(16)12(8)18)2-5(14)3-7(9)15/h2-3,14-15,17H,1H3. The molecule has 92 valence electrons. The van der Waals surface area contributed by atoms with Gasteiger partial charge < -0.3 is 15.3 Å². The number of carbonyl (C=O) groups is 3. The molecule has 0 unspecified atom stereocenters. The molecule has 0 fully saturated rings. The minimum atomic E-state index is -1.16. The fraction of sp³-hybridized carbons (Fsp3) is 0.0833. The molecule has 3 N–H and O–H groups in total. The topological polar surface area (TPSA) is 112 Å². The van der Waals surface area contributed by atoms with Gasteiger partial charge in [-0.1, -0.05) is 0 Å². The molecule has 0 amide bonds. The van der Waals surface area contributed by atoms with Crippen molar-refractivity contribution in [1.29, 1.82) is 0 Å². The molecule has 0 heterocycles. The average molecular weight is 248 g/mol. The number of carbonyl (C=O) groups excluding carboxylic acids is 3. The van der Waals surface area contributed by atoms with Crippen molar-refractivity contribution in [2.75, 3.05) is 0 Å². The first-order valence-corrected chi connectivity index (χ1v) is 4.94. The van der Waals surface area contributed by atoms with Gasteiger partial charge in [-0.25, -0.2) is 0 Å². The summed E-state index contributed by atoms with van der Waals surface area (Å²) in [6.07, 6.45) is 0. The Kier molecular flexibility index (Phi) is 2.43. The Labute approximate surface area is 101 Å². The van der Waals surface area contributed by atoms with Gasteiger partial charge in [0.25, 0.3) is 0 Å². The second-order valence-corrected chi connectivity index (χ2v) is 3.83. The van der Waals surface area contributed by atoms with E-state index in [0.29, 0.717) is 0 Å². The highest BCUT2D eigenvalue weighted by atomic mass is 16.3. The molecule has 6 nitrogen and oxygen atoms in total. The van der Waals surface area contributed by atoms with Gasteiger partial charge in [0.15, 0.2) is 5.78 Å². The summed E-state index contributed by atoms with van der Waals surface area (Å²) in [4.78, 5) is 34.6. The van der Waals surface area contributed by atoms with E-state index in [4.69, 9.17) is 0 Å². The van der Waals surface area contributed by atoms with Gasteiger partial charge in [-0.15, -0.1) is 0 Å². The number of Topliss-reactive ketones (excluding diaryl/α,β-unsaturated/α-hetero) is 3. The van der Waals surface area contributed by atoms with Crippen LogP contribution < -0.4 is 0 Å². The first-order chi connectivity index (χ1) is 8.34. The number of ketones is 3. The quantitative estimate of drug-likeness (QED) is 0.498. The van der Waals surface area contributed by atoms with Crippen LogP contribution in [0.3, 0.4) is 0 Å². The van der Waals surface area contributed by atoms with Crippen LogP contribution in [-0.2, 0) is 9.59 Å². The Morgan fingerprint density at radius 2 is 1.67 bits per heavy atom. The van der Waals surface area contributed by atoms with Crippen LogP contribution in [-0.4, -0.2) is 32.7 Å². The van der Waals surface area contributed by atoms with Crippen LogP contribution in [0.1, 0.15) is 22.8 Å². The Hall–Kier alpha value is -2.63. The van der Waals surface area contributed by atoms with Crippen molar-refractivity contribution in [1.82, 2.24) is 0 Å². The molecule has 6 heteroatoms. The minimum Gasteiger partial charge on any atom is -0.508 e. The summed E-state index contributed by atoms with van der Waals surface area (Å²) in [6, 6.07) is 1.85. The molecule has 0 atom stereocenters. The number of fused-ring (bicyclic) bond motifs is 1. The molecule has 1 aromatic carbocycles. The summed E-state index contributed by atoms with van der Waals surface area (Å²) < 4.78 is 0. The van der Waals surface area contributed by atoms with E-state index in [1.165, 1.54) is 0 Å². The number of phenols is 2. The fourth-order valence-corrected chi connectivity index (χ4v) is 1.83. The Morgan fingerprint density at radius 3 is 2.22 bits per heavy atom. The molecule has 2 rings (SSSR count). The van der Waals surface area contributed by atoms with E-state index in [1.807, 2.05) is 0 Å². The average Bonchev–Trinajstić information content (AvgIpc) is 2.24. The maximum Gasteiger partial charge on any atom is 0.240 e. The zero-order chi connectivity index (χ0) is 13.6. The van der Waals surface area contributed by atoms with Crippen molar-refractivity contribution < 1.29 is 29.7 Å². The molecule has 1 aromatic rings. The lowest BCUT2D eigenvalue weighted by atomic mass is 9.86. The fourth-order valence-electron chi connectivity index (χ4n) is 1.83. The summed E-state index contributed by atoms with van der Waals surface area (Å²) in [6.45, 7) is 1.03. The van der Waals surface area contributed by atoms with Gasteiger partial charge in [-0.2, -0.15) is 0 Å². The van der Waals surface area contributed by atoms with Gasteiger partial charge in [0, 0.05) is 11.6 Å². The van der Waals surface area contributed by atoms with Crippen LogP contribution in [0.2, 0.25) is 0 Å². The summed E-state index contributed by atoms with van der Waals surface area (Å²) in [5.41, 5.74) is -1.31. The van der Waals surface area contributed by atoms with Gasteiger partial charge in [0.05, 0.1) is 5.56 Å². The minimum absolute atomic E-state index is 0.317. The molecular formula is C12H8O6. The van der Waals surface area contributed by atoms with E-state index >= 15 is 0 Å². The molecule has 0 aromatic heterocycles. The van der Waals surface area contributed by atoms with Crippen molar-refractivity contribution in [3.8, 4) is 11.5 Å². The third-order valence-electron chi connectivity index (χ3n) is 2.61. The van der Waals surface area contributed by atoms with Gasteiger partial charge in [0.1, 0.15) is 22.8 Å². The lowest BCUT2D eigenvalue weighted by Crippen LogP contribution is -2.27. The lowest BCUT2D eigenvalue weighted by Gasteiger charge is -2.17. The van der Waals surface area contributed by atoms with Crippen LogP contribution in [0, 0.1) is 0 Å². The largest absolute Gasteiger partial charge is 0.508 e. The molecule has 18 heavy (non-hydrogen) atoms. The summed E-state index contributed by atoms with van der Waals surface area (Å²) in [5.74, 6) is -4.74. The van der Waals surface area contributed by atoms with Gasteiger partial charge >= 0.3 is 0 Å². The monoisotopic (exact) mass is 248 g/mol. The number of hydrogen-bond acceptors (Lipinski definition) is 6. The smallest absolute Gasteiger partial charge is 0.240 e. The van der Waals surface area contributed by atoms with E-state index in [0.717, 1.165) is 19.1 Å². The predicted molar refractivity (Wildman–Crippen MR) is 59.3 cm³/mol. The lowest BCUT2D eigenvalue weighted by molar-refractivity contribution is -0.118. The molecule has 0 bridgehead atoms. The van der Waals surface area contributed by atoms with Gasteiger partial charge in [0.2, 0.25) is 11.6 Å². The third kappa shape index (κ3) is 1.46. The van der Waals surface area contributed by atoms with Crippen LogP contribution in [0.5, 0.6) is 11.5 Å². The number of benzene rings is 1. The first kappa shape index (κ1) is 11.8. The SMILES string of the molecule is CC(=O)C1=C(O)c2c(O)cc(O)cc2C(=O)C1=O. The van der Waals surface area contributed by atoms with Gasteiger partial charge in [-0.3, -0.25) is 14.4 Å². The van der Waals surface area contributed by atoms with Crippen molar-refractivity contribution in [3.63, 3.8) is 0 Å². The van der Waals surface area contributed by atoms with Crippen LogP contribution in [0.25, 0.3) is 5.76 Å². The summed E-state index contributed by atoms with van der Waals surface area (Å²) in [5, 5.41) is 28.6. The molecule has 0 radical (unpaired) electrons. The predicted octanol–water partition coefficient (Wildman–Crippen LogP) is 0.721. The number of hydrogen-bond donors (Lipinski definition) is 3. The van der Waals surface area contributed by atoms with Crippen LogP contribution in [0.4, 0.5) is 0 Å². The normalized spacial score (nSPS) is 14.7. The molecule has 0 saturated carbocycles. The molecule has 0 saturated heterocycles. The van der Waals surface area contributed by atoms with Gasteiger partial charge in [-0.05, 0) is 13.0 Å². The van der Waals surface area contributed by atoms with Crippen LogP contribution in [0.15, 0.2) is 17.7 Å². The summed E-state index contributed by atoms with van der Waals surface area (Å²) >= 11 is 0. The highest BCUT2D eigenvalue weighted by Gasteiger charge is 2.37. The van der Waals surface area contributed by atoms with Crippen molar-refractivity contribution in [2.24, 2.45) is 0 Å². The number of rotatable bonds is 1. The highest BCUT2D eigenvalue weighted by Crippen LogP contribution is 2.37. The Balaban J connectivity index is 2.88. The zero-order valence-electron chi connectivity index (χ0n) is 9.22. The summed E-state index contributed by atoms with van der Waals surface area (Å²) in [7, 11) is 0. The number of allylic oxidation sites excluding steroid dienone is 1. The molecule has 0 spiro atoms. The molecule has 1 aliphatic carbocycles. The molecule has 1 aliphatic rings. The van der Waals surface area contributed by atoms with E-state index < -0.39 is 40.2 Å². The van der Waals surface area contributed by atoms with Crippen molar-refractivity contribution in [2.45, 2.75) is 6.92 Å². The van der Waals surface area contributed by atoms with Crippen LogP contribution >= 0.6 is 0 Å². The van der Waals surface area contributed by atoms with E-state index in [-0.39, 0.29) is 11.1 Å². The van der Waals surface area contributed by atoms with E-state index in [9.17, 15) is 29.7 Å². The number of aromatic hydroxyl groups is 2. The highest BCUT2D eigenvalue weighted by molar-refractivity contribution is 6.57. The van der Waals surface area contributed by atoms with E-state index in [1.54, 1.807) is 0 Å². The third-order valence-corrected chi connectivity index (χ3v) is 2.61. The maximum absolute atomic E-state index is 11.7. The zero-order valence-corrected chi connectivity index (χ0v) is 9.22. The second-order valence-electron chi connectivity index (χ2n) is 3.83. The molecule has 0 aliphatic heterocycles. The second kappa shape index (κ2) is 3.69. The first-order valence-electron chi connectivity index (χ1n) is 4.94. The van der Waals surface area contributed by atoms with Crippen molar-refractivity contribution >= 4 is 23.1 Å². The van der Waals surface area contributed by atoms with Crippen molar-refractivity contribution in [3.05, 3.63) is 28.8 Å². The number of aliphatic hydroxyl groups excluding tert-OH is 1. The number of aliphatic hydroxyl groups is 1. The number of phenolic OH excluding ortho intramolecular Hbond substituents is 2. The van der Waals surface area contributed by atoms with E-state index in [2.05, 4.69) is 0 Å². The molecular weight excluding hydrogens is 240 g/mol.